The molecule has 1 heterocycles. The normalized spacial score (nSPS) is 10.5. The molecular weight excluding hydrogens is 206 g/mol. The largest absolute Gasteiger partial charge is 0.330 e. The molecule has 2 N–H and O–H groups in total. The molecule has 0 saturated carbocycles. The second kappa shape index (κ2) is 3.36. The van der Waals surface area contributed by atoms with Gasteiger partial charge in [-0.25, -0.2) is 0 Å². The molecule has 3 nitrogen and oxygen atoms in total. The Morgan fingerprint density at radius 2 is 2.27 bits per heavy atom. The summed E-state index contributed by atoms with van der Waals surface area (Å²) in [6.07, 6.45) is 0.873. The van der Waals surface area contributed by atoms with Gasteiger partial charge >= 0.3 is 0 Å². The average molecular weight is 218 g/mol. The van der Waals surface area contributed by atoms with E-state index in [9.17, 15) is 0 Å². The fourth-order valence-electron chi connectivity index (χ4n) is 1.09. The van der Waals surface area contributed by atoms with Crippen LogP contribution >= 0.6 is 15.9 Å². The van der Waals surface area contributed by atoms with Crippen LogP contribution in [0.5, 0.6) is 0 Å². The van der Waals surface area contributed by atoms with Gasteiger partial charge in [-0.2, -0.15) is 5.10 Å². The van der Waals surface area contributed by atoms with E-state index in [1.165, 1.54) is 5.69 Å². The Kier molecular flexibility index (Phi) is 2.67. The first-order valence-corrected chi connectivity index (χ1v) is 4.34. The van der Waals surface area contributed by atoms with Gasteiger partial charge in [-0.3, -0.25) is 4.68 Å². The molecule has 0 amide bonds. The molecule has 0 aliphatic carbocycles. The van der Waals surface area contributed by atoms with E-state index in [1.54, 1.807) is 0 Å². The van der Waals surface area contributed by atoms with Gasteiger partial charge in [0.15, 0.2) is 0 Å². The lowest BCUT2D eigenvalue weighted by atomic mass is 10.3. The van der Waals surface area contributed by atoms with Crippen LogP contribution in [-0.2, 0) is 13.5 Å². The third kappa shape index (κ3) is 1.62. The molecule has 0 saturated heterocycles. The van der Waals surface area contributed by atoms with E-state index in [0.29, 0.717) is 6.54 Å². The SMILES string of the molecule is Cc1nn(C)c(CCN)c1Br. The van der Waals surface area contributed by atoms with E-state index in [0.717, 1.165) is 16.6 Å². The number of hydrogen-bond donors (Lipinski definition) is 1. The smallest absolute Gasteiger partial charge is 0.0738 e. The maximum atomic E-state index is 5.45. The van der Waals surface area contributed by atoms with Crippen molar-refractivity contribution in [1.29, 1.82) is 0 Å². The summed E-state index contributed by atoms with van der Waals surface area (Å²) in [5, 5.41) is 4.24. The van der Waals surface area contributed by atoms with Crippen LogP contribution in [0.3, 0.4) is 0 Å². The topological polar surface area (TPSA) is 43.8 Å². The molecule has 1 aromatic rings. The van der Waals surface area contributed by atoms with Crippen molar-refractivity contribution in [3.63, 3.8) is 0 Å². The number of nitrogens with zero attached hydrogens (tertiary/aromatic N) is 2. The monoisotopic (exact) mass is 217 g/mol. The quantitative estimate of drug-likeness (QED) is 0.804. The molecule has 0 atom stereocenters. The third-order valence-electron chi connectivity index (χ3n) is 1.64. The van der Waals surface area contributed by atoms with Gasteiger partial charge in [-0.05, 0) is 29.4 Å². The zero-order valence-electron chi connectivity index (χ0n) is 6.76. The van der Waals surface area contributed by atoms with Crippen LogP contribution in [0.1, 0.15) is 11.4 Å². The van der Waals surface area contributed by atoms with Gasteiger partial charge in [0.1, 0.15) is 0 Å². The molecule has 0 spiro atoms. The lowest BCUT2D eigenvalue weighted by Crippen LogP contribution is -2.07. The Hall–Kier alpha value is -0.350. The van der Waals surface area contributed by atoms with Gasteiger partial charge in [-0.1, -0.05) is 0 Å². The predicted molar refractivity (Wildman–Crippen MR) is 48.4 cm³/mol. The van der Waals surface area contributed by atoms with Crippen molar-refractivity contribution in [1.82, 2.24) is 9.78 Å². The van der Waals surface area contributed by atoms with Crippen molar-refractivity contribution >= 4 is 15.9 Å². The van der Waals surface area contributed by atoms with Crippen molar-refractivity contribution in [2.45, 2.75) is 13.3 Å². The van der Waals surface area contributed by atoms with Gasteiger partial charge in [0, 0.05) is 13.5 Å². The highest BCUT2D eigenvalue weighted by Crippen LogP contribution is 2.19. The molecule has 0 radical (unpaired) electrons. The molecule has 11 heavy (non-hydrogen) atoms. The number of hydrogen-bond acceptors (Lipinski definition) is 2. The van der Waals surface area contributed by atoms with Crippen LogP contribution in [0.4, 0.5) is 0 Å². The summed E-state index contributed by atoms with van der Waals surface area (Å²) in [5.74, 6) is 0. The summed E-state index contributed by atoms with van der Waals surface area (Å²) in [7, 11) is 1.93. The van der Waals surface area contributed by atoms with Crippen LogP contribution in [0.2, 0.25) is 0 Å². The fourth-order valence-corrected chi connectivity index (χ4v) is 1.62. The highest BCUT2D eigenvalue weighted by atomic mass is 79.9. The minimum atomic E-state index is 0.664. The molecule has 0 aliphatic heterocycles. The number of nitrogens with two attached hydrogens (primary N) is 1. The molecule has 0 unspecified atom stereocenters. The van der Waals surface area contributed by atoms with Crippen molar-refractivity contribution in [2.24, 2.45) is 12.8 Å². The molecule has 0 bridgehead atoms. The van der Waals surface area contributed by atoms with Gasteiger partial charge in [0.2, 0.25) is 0 Å². The Balaban J connectivity index is 3.02. The maximum Gasteiger partial charge on any atom is 0.0738 e. The third-order valence-corrected chi connectivity index (χ3v) is 2.67. The number of rotatable bonds is 2. The van der Waals surface area contributed by atoms with E-state index >= 15 is 0 Å². The van der Waals surface area contributed by atoms with Crippen molar-refractivity contribution < 1.29 is 0 Å². The zero-order valence-corrected chi connectivity index (χ0v) is 8.35. The van der Waals surface area contributed by atoms with E-state index < -0.39 is 0 Å². The van der Waals surface area contributed by atoms with Crippen LogP contribution < -0.4 is 5.73 Å². The minimum Gasteiger partial charge on any atom is -0.330 e. The fraction of sp³-hybridized carbons (Fsp3) is 0.571. The number of aryl methyl sites for hydroxylation is 2. The standard InChI is InChI=1S/C7H12BrN3/c1-5-7(8)6(3-4-9)11(2)10-5/h3-4,9H2,1-2H3. The second-order valence-corrected chi connectivity index (χ2v) is 3.30. The minimum absolute atomic E-state index is 0.664. The molecule has 1 aromatic heterocycles. The van der Waals surface area contributed by atoms with Crippen LogP contribution in [-0.4, -0.2) is 16.3 Å². The average Bonchev–Trinajstić information content (AvgIpc) is 2.17. The number of aromatic nitrogens is 2. The van der Waals surface area contributed by atoms with Crippen molar-refractivity contribution in [3.05, 3.63) is 15.9 Å². The molecule has 62 valence electrons. The first-order chi connectivity index (χ1) is 5.16. The summed E-state index contributed by atoms with van der Waals surface area (Å²) in [4.78, 5) is 0. The molecule has 0 aromatic carbocycles. The number of halogens is 1. The van der Waals surface area contributed by atoms with Crippen LogP contribution in [0.15, 0.2) is 4.47 Å². The second-order valence-electron chi connectivity index (χ2n) is 2.51. The Morgan fingerprint density at radius 3 is 2.64 bits per heavy atom. The molecule has 0 aliphatic rings. The van der Waals surface area contributed by atoms with Gasteiger partial charge < -0.3 is 5.73 Å². The van der Waals surface area contributed by atoms with E-state index in [2.05, 4.69) is 21.0 Å². The van der Waals surface area contributed by atoms with Gasteiger partial charge in [0.25, 0.3) is 0 Å². The summed E-state index contributed by atoms with van der Waals surface area (Å²) < 4.78 is 2.96. The first-order valence-electron chi connectivity index (χ1n) is 3.55. The highest BCUT2D eigenvalue weighted by Gasteiger charge is 2.08. The summed E-state index contributed by atoms with van der Waals surface area (Å²) >= 11 is 3.46. The lowest BCUT2D eigenvalue weighted by Gasteiger charge is -1.98. The Morgan fingerprint density at radius 1 is 1.64 bits per heavy atom. The molecular formula is C7H12BrN3. The molecule has 1 rings (SSSR count). The zero-order chi connectivity index (χ0) is 8.43. The van der Waals surface area contributed by atoms with E-state index in [1.807, 2.05) is 18.7 Å². The Labute approximate surface area is 74.7 Å². The summed E-state index contributed by atoms with van der Waals surface area (Å²) in [5.41, 5.74) is 7.64. The first kappa shape index (κ1) is 8.74. The Bertz CT molecular complexity index is 254. The predicted octanol–water partition coefficient (Wildman–Crippen LogP) is 0.992. The lowest BCUT2D eigenvalue weighted by molar-refractivity contribution is 0.699. The van der Waals surface area contributed by atoms with Crippen LogP contribution in [0.25, 0.3) is 0 Å². The van der Waals surface area contributed by atoms with Crippen LogP contribution in [0, 0.1) is 6.92 Å². The van der Waals surface area contributed by atoms with Crippen molar-refractivity contribution in [2.75, 3.05) is 6.54 Å². The highest BCUT2D eigenvalue weighted by molar-refractivity contribution is 9.10. The molecule has 0 fully saturated rings. The maximum absolute atomic E-state index is 5.45. The van der Waals surface area contributed by atoms with Gasteiger partial charge in [0.05, 0.1) is 15.9 Å². The summed E-state index contributed by atoms with van der Waals surface area (Å²) in [6, 6.07) is 0. The van der Waals surface area contributed by atoms with Gasteiger partial charge in [-0.15, -0.1) is 0 Å². The van der Waals surface area contributed by atoms with E-state index in [-0.39, 0.29) is 0 Å². The summed E-state index contributed by atoms with van der Waals surface area (Å²) in [6.45, 7) is 2.64. The van der Waals surface area contributed by atoms with E-state index in [4.69, 9.17) is 5.73 Å². The van der Waals surface area contributed by atoms with Crippen molar-refractivity contribution in [3.8, 4) is 0 Å². The molecule has 4 heteroatoms.